The first-order valence-corrected chi connectivity index (χ1v) is 7.40. The minimum Gasteiger partial charge on any atom is -0.368 e. The number of nitrogens with zero attached hydrogens (tertiary/aromatic N) is 2. The predicted octanol–water partition coefficient (Wildman–Crippen LogP) is 3.17. The van der Waals surface area contributed by atoms with E-state index in [4.69, 9.17) is 11.5 Å². The van der Waals surface area contributed by atoms with E-state index in [0.29, 0.717) is 18.3 Å². The molecular weight excluding hydrogens is 352 g/mol. The highest BCUT2D eigenvalue weighted by atomic mass is 35.5. The third-order valence-electron chi connectivity index (χ3n) is 4.13. The molecule has 1 fully saturated rings. The number of aromatic nitrogens is 2. The van der Waals surface area contributed by atoms with Gasteiger partial charge in [-0.1, -0.05) is 6.07 Å². The molecule has 0 spiro atoms. The molecule has 5 nitrogen and oxygen atoms in total. The second kappa shape index (κ2) is 8.46. The molecule has 1 aromatic heterocycles. The average molecular weight is 374 g/mol. The van der Waals surface area contributed by atoms with Crippen LogP contribution in [0, 0.1) is 12.7 Å². The zero-order valence-electron chi connectivity index (χ0n) is 13.3. The number of nitrogens with one attached hydrogen (secondary N) is 1. The summed E-state index contributed by atoms with van der Waals surface area (Å²) in [5, 5.41) is 3.20. The van der Waals surface area contributed by atoms with Crippen LogP contribution in [-0.2, 0) is 6.54 Å². The highest BCUT2D eigenvalue weighted by Crippen LogP contribution is 2.35. The van der Waals surface area contributed by atoms with E-state index in [0.717, 1.165) is 29.7 Å². The normalized spacial score (nSPS) is 18.8. The van der Waals surface area contributed by atoms with Crippen LogP contribution in [0.4, 0.5) is 16.2 Å². The molecule has 0 saturated heterocycles. The number of hydrogen-bond acceptors (Lipinski definition) is 5. The van der Waals surface area contributed by atoms with Gasteiger partial charge in [0, 0.05) is 24.6 Å². The van der Waals surface area contributed by atoms with Crippen molar-refractivity contribution >= 4 is 36.6 Å². The lowest BCUT2D eigenvalue weighted by molar-refractivity contribution is 0.345. The lowest BCUT2D eigenvalue weighted by Gasteiger charge is -2.32. The van der Waals surface area contributed by atoms with Gasteiger partial charge >= 0.3 is 0 Å². The summed E-state index contributed by atoms with van der Waals surface area (Å²) in [6.45, 7) is 2.44. The predicted molar refractivity (Wildman–Crippen MR) is 99.4 cm³/mol. The van der Waals surface area contributed by atoms with Gasteiger partial charge in [-0.2, -0.15) is 4.98 Å². The quantitative estimate of drug-likeness (QED) is 0.765. The number of aryl methyl sites for hydroxylation is 1. The molecule has 2 aromatic rings. The van der Waals surface area contributed by atoms with Gasteiger partial charge in [-0.3, -0.25) is 0 Å². The lowest BCUT2D eigenvalue weighted by atomic mass is 9.78. The molecule has 0 unspecified atom stereocenters. The van der Waals surface area contributed by atoms with Gasteiger partial charge in [-0.25, -0.2) is 9.37 Å². The first-order valence-electron chi connectivity index (χ1n) is 7.40. The van der Waals surface area contributed by atoms with Gasteiger partial charge in [-0.15, -0.1) is 24.8 Å². The molecule has 1 aliphatic carbocycles. The fraction of sp³-hybridized carbons (Fsp3) is 0.375. The fourth-order valence-electron chi connectivity index (χ4n) is 2.70. The van der Waals surface area contributed by atoms with Crippen LogP contribution in [-0.4, -0.2) is 16.0 Å². The van der Waals surface area contributed by atoms with Gasteiger partial charge in [-0.05, 0) is 43.0 Å². The first kappa shape index (κ1) is 20.4. The van der Waals surface area contributed by atoms with Gasteiger partial charge < -0.3 is 16.8 Å². The summed E-state index contributed by atoms with van der Waals surface area (Å²) >= 11 is 0. The van der Waals surface area contributed by atoms with Crippen LogP contribution in [0.15, 0.2) is 24.3 Å². The van der Waals surface area contributed by atoms with E-state index in [-0.39, 0.29) is 42.6 Å². The minimum atomic E-state index is -0.242. The van der Waals surface area contributed by atoms with Crippen LogP contribution in [0.1, 0.15) is 35.6 Å². The topological polar surface area (TPSA) is 89.8 Å². The number of hydrogen-bond donors (Lipinski definition) is 3. The molecule has 1 saturated carbocycles. The molecule has 5 N–H and O–H groups in total. The van der Waals surface area contributed by atoms with Gasteiger partial charge in [0.15, 0.2) is 0 Å². The Morgan fingerprint density at radius 1 is 1.21 bits per heavy atom. The Bertz CT molecular complexity index is 692. The van der Waals surface area contributed by atoms with Crippen molar-refractivity contribution in [1.82, 2.24) is 9.97 Å². The average Bonchev–Trinajstić information content (AvgIpc) is 2.44. The van der Waals surface area contributed by atoms with Gasteiger partial charge in [0.2, 0.25) is 5.95 Å². The van der Waals surface area contributed by atoms with E-state index < -0.39 is 0 Å². The van der Waals surface area contributed by atoms with Crippen molar-refractivity contribution in [2.24, 2.45) is 5.73 Å². The van der Waals surface area contributed by atoms with E-state index >= 15 is 0 Å². The molecule has 0 amide bonds. The van der Waals surface area contributed by atoms with Gasteiger partial charge in [0.25, 0.3) is 0 Å². The lowest BCUT2D eigenvalue weighted by Crippen LogP contribution is -2.35. The molecule has 0 radical (unpaired) electrons. The van der Waals surface area contributed by atoms with Crippen molar-refractivity contribution in [1.29, 1.82) is 0 Å². The molecule has 0 atom stereocenters. The van der Waals surface area contributed by atoms with Crippen LogP contribution in [0.5, 0.6) is 0 Å². The van der Waals surface area contributed by atoms with E-state index in [9.17, 15) is 4.39 Å². The summed E-state index contributed by atoms with van der Waals surface area (Å²) in [7, 11) is 0. The largest absolute Gasteiger partial charge is 0.368 e. The Labute approximate surface area is 153 Å². The van der Waals surface area contributed by atoms with Crippen LogP contribution in [0.3, 0.4) is 0 Å². The summed E-state index contributed by atoms with van der Waals surface area (Å²) in [5.74, 6) is 1.02. The molecule has 1 aromatic carbocycles. The molecule has 24 heavy (non-hydrogen) atoms. The van der Waals surface area contributed by atoms with Crippen molar-refractivity contribution in [3.05, 3.63) is 46.9 Å². The fourth-order valence-corrected chi connectivity index (χ4v) is 2.70. The molecule has 0 bridgehead atoms. The third kappa shape index (κ3) is 4.69. The summed E-state index contributed by atoms with van der Waals surface area (Å²) in [4.78, 5) is 8.48. The van der Waals surface area contributed by atoms with Crippen LogP contribution < -0.4 is 16.8 Å². The number of nitrogens with two attached hydrogens (primary N) is 2. The Morgan fingerprint density at radius 3 is 2.58 bits per heavy atom. The smallest absolute Gasteiger partial charge is 0.222 e. The van der Waals surface area contributed by atoms with Crippen LogP contribution in [0.25, 0.3) is 0 Å². The van der Waals surface area contributed by atoms with Crippen molar-refractivity contribution in [2.45, 2.75) is 38.3 Å². The van der Waals surface area contributed by atoms with Crippen LogP contribution in [0.2, 0.25) is 0 Å². The third-order valence-corrected chi connectivity index (χ3v) is 4.13. The monoisotopic (exact) mass is 373 g/mol. The first-order chi connectivity index (χ1) is 10.5. The Morgan fingerprint density at radius 2 is 1.92 bits per heavy atom. The highest BCUT2D eigenvalue weighted by molar-refractivity contribution is 5.85. The number of rotatable bonds is 4. The second-order valence-corrected chi connectivity index (χ2v) is 5.89. The van der Waals surface area contributed by atoms with Crippen LogP contribution >= 0.6 is 24.8 Å². The Hall–Kier alpha value is -1.63. The van der Waals surface area contributed by atoms with Gasteiger partial charge in [0.05, 0.1) is 5.69 Å². The Kier molecular flexibility index (Phi) is 7.20. The van der Waals surface area contributed by atoms with E-state index in [1.54, 1.807) is 6.07 Å². The minimum absolute atomic E-state index is 0. The molecule has 3 rings (SSSR count). The molecule has 1 heterocycles. The SMILES string of the molecule is Cc1ccc(F)cc1CNc1cc(C2CC(N)C2)nc(N)n1.Cl.Cl. The summed E-state index contributed by atoms with van der Waals surface area (Å²) < 4.78 is 13.3. The van der Waals surface area contributed by atoms with Gasteiger partial charge in [0.1, 0.15) is 11.6 Å². The second-order valence-electron chi connectivity index (χ2n) is 5.89. The standard InChI is InChI=1S/C16H20FN5.2ClH/c1-9-2-3-12(17)4-11(9)8-20-15-7-14(21-16(19)22-15)10-5-13(18)6-10;;/h2-4,7,10,13H,5-6,8,18H2,1H3,(H3,19,20,21,22);2*1H. The summed E-state index contributed by atoms with van der Waals surface area (Å²) in [6, 6.07) is 6.91. The summed E-state index contributed by atoms with van der Waals surface area (Å²) in [6.07, 6.45) is 1.86. The van der Waals surface area contributed by atoms with E-state index in [1.165, 1.54) is 12.1 Å². The van der Waals surface area contributed by atoms with Crippen molar-refractivity contribution in [2.75, 3.05) is 11.1 Å². The molecular formula is C16H22Cl2FN5. The maximum atomic E-state index is 13.3. The number of benzene rings is 1. The van der Waals surface area contributed by atoms with E-state index in [1.807, 2.05) is 13.0 Å². The number of anilines is 2. The van der Waals surface area contributed by atoms with Crippen molar-refractivity contribution in [3.8, 4) is 0 Å². The zero-order chi connectivity index (χ0) is 15.7. The number of halogens is 3. The highest BCUT2D eigenvalue weighted by Gasteiger charge is 2.29. The van der Waals surface area contributed by atoms with Crippen molar-refractivity contribution in [3.63, 3.8) is 0 Å². The Balaban J connectivity index is 0.00000144. The molecule has 0 aliphatic heterocycles. The number of nitrogen functional groups attached to an aromatic ring is 1. The maximum absolute atomic E-state index is 13.3. The van der Waals surface area contributed by atoms with E-state index in [2.05, 4.69) is 15.3 Å². The summed E-state index contributed by atoms with van der Waals surface area (Å²) in [5.41, 5.74) is 14.4. The van der Waals surface area contributed by atoms with Crippen molar-refractivity contribution < 1.29 is 4.39 Å². The zero-order valence-corrected chi connectivity index (χ0v) is 15.0. The molecule has 132 valence electrons. The molecule has 8 heteroatoms. The maximum Gasteiger partial charge on any atom is 0.222 e. The molecule has 1 aliphatic rings.